The van der Waals surface area contributed by atoms with Crippen LogP contribution in [0.25, 0.3) is 0 Å². The number of benzene rings is 2. The lowest BCUT2D eigenvalue weighted by molar-refractivity contribution is -0.139. The largest absolute Gasteiger partial charge is 0.497 e. The Morgan fingerprint density at radius 1 is 1.10 bits per heavy atom. The lowest BCUT2D eigenvalue weighted by Gasteiger charge is -2.29. The summed E-state index contributed by atoms with van der Waals surface area (Å²) in [4.78, 5) is 25.0. The Kier molecular flexibility index (Phi) is 6.55. The van der Waals surface area contributed by atoms with Crippen molar-refractivity contribution in [2.24, 2.45) is 0 Å². The molecule has 1 heterocycles. The Bertz CT molecular complexity index is 991. The molecule has 2 aromatic rings. The number of amides is 2. The maximum absolute atomic E-state index is 12.7. The van der Waals surface area contributed by atoms with Gasteiger partial charge in [-0.05, 0) is 48.9 Å². The van der Waals surface area contributed by atoms with Gasteiger partial charge in [-0.15, -0.1) is 0 Å². The molecule has 8 nitrogen and oxygen atoms in total. The average Bonchev–Trinajstić information content (AvgIpc) is 2.77. The van der Waals surface area contributed by atoms with Crippen LogP contribution in [0.1, 0.15) is 24.1 Å². The van der Waals surface area contributed by atoms with Crippen molar-refractivity contribution in [3.8, 4) is 17.6 Å². The number of ether oxygens (including phenoxy) is 3. The molecular formula is C22H21N3O5. The molecule has 3 rings (SSSR count). The van der Waals surface area contributed by atoms with Crippen LogP contribution in [0.4, 0.5) is 4.79 Å². The van der Waals surface area contributed by atoms with Crippen LogP contribution in [-0.2, 0) is 9.53 Å². The van der Waals surface area contributed by atoms with Gasteiger partial charge in [0.1, 0.15) is 18.1 Å². The molecule has 0 fully saturated rings. The fraction of sp³-hybridized carbons (Fsp3) is 0.227. The topological polar surface area (TPSA) is 110 Å². The van der Waals surface area contributed by atoms with E-state index in [9.17, 15) is 9.59 Å². The number of hydrogen-bond acceptors (Lipinski definition) is 6. The van der Waals surface area contributed by atoms with Gasteiger partial charge in [0.05, 0.1) is 42.7 Å². The summed E-state index contributed by atoms with van der Waals surface area (Å²) in [5, 5.41) is 14.3. The second-order valence-corrected chi connectivity index (χ2v) is 6.34. The molecule has 30 heavy (non-hydrogen) atoms. The molecule has 0 spiro atoms. The number of nitriles is 1. The van der Waals surface area contributed by atoms with Crippen LogP contribution < -0.4 is 20.1 Å². The van der Waals surface area contributed by atoms with E-state index in [1.54, 1.807) is 62.6 Å². The first-order valence-corrected chi connectivity index (χ1v) is 9.30. The first kappa shape index (κ1) is 20.7. The zero-order valence-electron chi connectivity index (χ0n) is 16.6. The molecule has 0 aromatic heterocycles. The summed E-state index contributed by atoms with van der Waals surface area (Å²) in [5.41, 5.74) is 1.77. The second-order valence-electron chi connectivity index (χ2n) is 6.34. The van der Waals surface area contributed by atoms with Gasteiger partial charge in [0.15, 0.2) is 0 Å². The van der Waals surface area contributed by atoms with Gasteiger partial charge in [-0.1, -0.05) is 12.1 Å². The van der Waals surface area contributed by atoms with Crippen LogP contribution in [0.2, 0.25) is 0 Å². The molecular weight excluding hydrogens is 386 g/mol. The number of esters is 1. The number of hydrogen-bond donors (Lipinski definition) is 2. The molecule has 0 saturated heterocycles. The third-order valence-corrected chi connectivity index (χ3v) is 4.46. The van der Waals surface area contributed by atoms with Crippen molar-refractivity contribution < 1.29 is 23.8 Å². The van der Waals surface area contributed by atoms with Crippen molar-refractivity contribution in [1.82, 2.24) is 10.6 Å². The van der Waals surface area contributed by atoms with E-state index in [-0.39, 0.29) is 18.8 Å². The lowest BCUT2D eigenvalue weighted by atomic mass is 9.95. The number of methoxy groups -OCH3 is 1. The van der Waals surface area contributed by atoms with Crippen molar-refractivity contribution in [1.29, 1.82) is 5.26 Å². The third-order valence-electron chi connectivity index (χ3n) is 4.46. The summed E-state index contributed by atoms with van der Waals surface area (Å²) < 4.78 is 16.1. The predicted octanol–water partition coefficient (Wildman–Crippen LogP) is 2.82. The molecule has 0 bridgehead atoms. The highest BCUT2D eigenvalue weighted by Crippen LogP contribution is 2.29. The van der Waals surface area contributed by atoms with Gasteiger partial charge in [-0.2, -0.15) is 5.26 Å². The second kappa shape index (κ2) is 9.47. The zero-order valence-corrected chi connectivity index (χ0v) is 16.6. The standard InChI is InChI=1S/C22H21N3O5/c1-3-29-21(26)19-18(13-30-17-8-4-14(12-23)5-9-17)24-22(27)25-20(19)15-6-10-16(28-2)11-7-15/h4-11,20H,3,13H2,1-2H3,(H2,24,25,27). The Hall–Kier alpha value is -3.99. The molecule has 1 aliphatic rings. The fourth-order valence-corrected chi connectivity index (χ4v) is 3.01. The molecule has 8 heteroatoms. The minimum atomic E-state index is -0.705. The number of carbonyl (C=O) groups is 2. The molecule has 0 aliphatic carbocycles. The smallest absolute Gasteiger partial charge is 0.338 e. The zero-order chi connectivity index (χ0) is 21.5. The van der Waals surface area contributed by atoms with Crippen LogP contribution in [0.15, 0.2) is 59.8 Å². The van der Waals surface area contributed by atoms with Gasteiger partial charge in [-0.3, -0.25) is 0 Å². The minimum Gasteiger partial charge on any atom is -0.497 e. The van der Waals surface area contributed by atoms with Crippen LogP contribution in [0, 0.1) is 11.3 Å². The summed E-state index contributed by atoms with van der Waals surface area (Å²) >= 11 is 0. The Morgan fingerprint density at radius 3 is 2.37 bits per heavy atom. The third kappa shape index (κ3) is 4.70. The molecule has 2 amide bonds. The average molecular weight is 407 g/mol. The van der Waals surface area contributed by atoms with Crippen LogP contribution in [0.3, 0.4) is 0 Å². The first-order chi connectivity index (χ1) is 14.5. The Morgan fingerprint density at radius 2 is 1.77 bits per heavy atom. The van der Waals surface area contributed by atoms with E-state index >= 15 is 0 Å². The van der Waals surface area contributed by atoms with E-state index in [1.165, 1.54) is 0 Å². The number of rotatable bonds is 7. The van der Waals surface area contributed by atoms with E-state index < -0.39 is 18.0 Å². The van der Waals surface area contributed by atoms with E-state index in [2.05, 4.69) is 10.6 Å². The number of carbonyl (C=O) groups excluding carboxylic acids is 2. The van der Waals surface area contributed by atoms with Crippen molar-refractivity contribution in [3.05, 3.63) is 70.9 Å². The SMILES string of the molecule is CCOC(=O)C1=C(COc2ccc(C#N)cc2)NC(=O)NC1c1ccc(OC)cc1. The summed E-state index contributed by atoms with van der Waals surface area (Å²) in [7, 11) is 1.56. The Labute approximate surface area is 174 Å². The molecule has 1 aliphatic heterocycles. The number of nitrogens with zero attached hydrogens (tertiary/aromatic N) is 1. The van der Waals surface area contributed by atoms with Gasteiger partial charge >= 0.3 is 12.0 Å². The van der Waals surface area contributed by atoms with Gasteiger partial charge in [0.25, 0.3) is 0 Å². The first-order valence-electron chi connectivity index (χ1n) is 9.30. The van der Waals surface area contributed by atoms with Crippen molar-refractivity contribution in [2.75, 3.05) is 20.3 Å². The quantitative estimate of drug-likeness (QED) is 0.683. The van der Waals surface area contributed by atoms with E-state index in [1.807, 2.05) is 6.07 Å². The van der Waals surface area contributed by atoms with Gasteiger partial charge in [0.2, 0.25) is 0 Å². The van der Waals surface area contributed by atoms with E-state index in [0.717, 1.165) is 0 Å². The highest BCUT2D eigenvalue weighted by Gasteiger charge is 2.34. The molecule has 1 unspecified atom stereocenters. The monoisotopic (exact) mass is 407 g/mol. The highest BCUT2D eigenvalue weighted by atomic mass is 16.5. The van der Waals surface area contributed by atoms with Crippen LogP contribution in [-0.4, -0.2) is 32.3 Å². The maximum atomic E-state index is 12.7. The van der Waals surface area contributed by atoms with Gasteiger partial charge < -0.3 is 24.8 Å². The van der Waals surface area contributed by atoms with Crippen molar-refractivity contribution in [3.63, 3.8) is 0 Å². The van der Waals surface area contributed by atoms with E-state index in [0.29, 0.717) is 28.3 Å². The molecule has 2 aromatic carbocycles. The summed E-state index contributed by atoms with van der Waals surface area (Å²) in [6, 6.07) is 14.4. The maximum Gasteiger partial charge on any atom is 0.338 e. The number of nitrogens with one attached hydrogen (secondary N) is 2. The van der Waals surface area contributed by atoms with Crippen LogP contribution >= 0.6 is 0 Å². The molecule has 1 atom stereocenters. The summed E-state index contributed by atoms with van der Waals surface area (Å²) in [6.07, 6.45) is 0. The van der Waals surface area contributed by atoms with Crippen molar-refractivity contribution in [2.45, 2.75) is 13.0 Å². The minimum absolute atomic E-state index is 0.0554. The molecule has 0 saturated carbocycles. The molecule has 154 valence electrons. The normalized spacial score (nSPS) is 15.5. The fourth-order valence-electron chi connectivity index (χ4n) is 3.01. The van der Waals surface area contributed by atoms with Crippen molar-refractivity contribution >= 4 is 12.0 Å². The highest BCUT2D eigenvalue weighted by molar-refractivity contribution is 5.95. The van der Waals surface area contributed by atoms with Gasteiger partial charge in [-0.25, -0.2) is 9.59 Å². The number of urea groups is 1. The predicted molar refractivity (Wildman–Crippen MR) is 108 cm³/mol. The Balaban J connectivity index is 1.93. The molecule has 0 radical (unpaired) electrons. The van der Waals surface area contributed by atoms with E-state index in [4.69, 9.17) is 19.5 Å². The molecule has 2 N–H and O–H groups in total. The van der Waals surface area contributed by atoms with Gasteiger partial charge in [0, 0.05) is 0 Å². The lowest BCUT2D eigenvalue weighted by Crippen LogP contribution is -2.47. The summed E-state index contributed by atoms with van der Waals surface area (Å²) in [5.74, 6) is 0.604. The van der Waals surface area contributed by atoms with Crippen LogP contribution in [0.5, 0.6) is 11.5 Å². The summed E-state index contributed by atoms with van der Waals surface area (Å²) in [6.45, 7) is 1.85.